The van der Waals surface area contributed by atoms with Gasteiger partial charge in [-0.1, -0.05) is 188 Å². The lowest BCUT2D eigenvalue weighted by atomic mass is 10.0. The van der Waals surface area contributed by atoms with Gasteiger partial charge in [0.15, 0.2) is 6.10 Å². The smallest absolute Gasteiger partial charge is 0.306 e. The lowest BCUT2D eigenvalue weighted by Crippen LogP contribution is -2.30. The molecule has 0 saturated heterocycles. The summed E-state index contributed by atoms with van der Waals surface area (Å²) in [7, 11) is 0. The summed E-state index contributed by atoms with van der Waals surface area (Å²) in [5, 5.41) is 0. The maximum atomic E-state index is 12.5. The molecular weight excluding hydrogens is 588 g/mol. The Morgan fingerprint density at radius 3 is 0.851 bits per heavy atom. The van der Waals surface area contributed by atoms with Crippen LogP contribution in [-0.4, -0.2) is 37.2 Å². The Kier molecular flexibility index (Phi) is 36.0. The second-order valence-corrected chi connectivity index (χ2v) is 13.9. The summed E-state index contributed by atoms with van der Waals surface area (Å²) in [6, 6.07) is 0. The molecule has 278 valence electrons. The molecule has 0 heterocycles. The summed E-state index contributed by atoms with van der Waals surface area (Å²) in [6.07, 6.45) is 35.4. The molecule has 0 aliphatic rings. The van der Waals surface area contributed by atoms with Gasteiger partial charge in [-0.3, -0.25) is 14.4 Å². The van der Waals surface area contributed by atoms with Crippen LogP contribution in [0.5, 0.6) is 0 Å². The van der Waals surface area contributed by atoms with Gasteiger partial charge >= 0.3 is 17.9 Å². The second kappa shape index (κ2) is 37.2. The van der Waals surface area contributed by atoms with Gasteiger partial charge in [-0.15, -0.1) is 0 Å². The summed E-state index contributed by atoms with van der Waals surface area (Å²) in [6.45, 7) is 6.54. The van der Waals surface area contributed by atoms with E-state index in [4.69, 9.17) is 14.2 Å². The van der Waals surface area contributed by atoms with Crippen LogP contribution in [0.15, 0.2) is 0 Å². The first-order valence-corrected chi connectivity index (χ1v) is 20.5. The predicted octanol–water partition coefficient (Wildman–Crippen LogP) is 12.5. The maximum absolute atomic E-state index is 12.5. The lowest BCUT2D eigenvalue weighted by Gasteiger charge is -2.18. The molecule has 0 amide bonds. The van der Waals surface area contributed by atoms with Crippen molar-refractivity contribution in [3.05, 3.63) is 0 Å². The number of rotatable bonds is 37. The van der Waals surface area contributed by atoms with Crippen molar-refractivity contribution in [1.82, 2.24) is 0 Å². The molecule has 0 aromatic rings. The van der Waals surface area contributed by atoms with Crippen molar-refractivity contribution in [3.8, 4) is 0 Å². The van der Waals surface area contributed by atoms with E-state index in [1.165, 1.54) is 122 Å². The van der Waals surface area contributed by atoms with Crippen molar-refractivity contribution >= 4 is 17.9 Å². The van der Waals surface area contributed by atoms with Crippen molar-refractivity contribution in [2.24, 2.45) is 0 Å². The van der Waals surface area contributed by atoms with Crippen LogP contribution in [0.1, 0.15) is 226 Å². The summed E-state index contributed by atoms with van der Waals surface area (Å²) >= 11 is 0. The molecule has 0 aliphatic heterocycles. The third-order valence-electron chi connectivity index (χ3n) is 9.11. The molecule has 6 nitrogen and oxygen atoms in total. The number of esters is 3. The van der Waals surface area contributed by atoms with Gasteiger partial charge in [0.05, 0.1) is 0 Å². The minimum Gasteiger partial charge on any atom is -0.462 e. The first kappa shape index (κ1) is 45.4. The molecule has 6 heteroatoms. The van der Waals surface area contributed by atoms with E-state index in [0.717, 1.165) is 64.2 Å². The van der Waals surface area contributed by atoms with Crippen molar-refractivity contribution in [2.45, 2.75) is 232 Å². The van der Waals surface area contributed by atoms with Gasteiger partial charge in [0.2, 0.25) is 0 Å². The van der Waals surface area contributed by atoms with Crippen LogP contribution >= 0.6 is 0 Å². The standard InChI is InChI=1S/C41H78O6/c1-4-7-10-13-15-17-19-20-21-22-24-26-29-31-34-40(43)46-37-38(47-41(44)35-32-27-12-9-6-3)36-45-39(42)33-30-28-25-23-18-16-14-11-8-5-2/h38H,4-37H2,1-3H3/t38-/m1/s1. The highest BCUT2D eigenvalue weighted by atomic mass is 16.6. The van der Waals surface area contributed by atoms with Gasteiger partial charge < -0.3 is 14.2 Å². The molecule has 0 aromatic carbocycles. The molecule has 0 radical (unpaired) electrons. The molecule has 0 fully saturated rings. The van der Waals surface area contributed by atoms with Gasteiger partial charge in [-0.05, 0) is 19.3 Å². The van der Waals surface area contributed by atoms with Crippen molar-refractivity contribution < 1.29 is 28.6 Å². The Bertz CT molecular complexity index is 693. The fourth-order valence-corrected chi connectivity index (χ4v) is 5.97. The topological polar surface area (TPSA) is 78.9 Å². The summed E-state index contributed by atoms with van der Waals surface area (Å²) < 4.78 is 16.5. The zero-order valence-corrected chi connectivity index (χ0v) is 31.6. The number of unbranched alkanes of at least 4 members (excludes halogenated alkanes) is 26. The van der Waals surface area contributed by atoms with Gasteiger partial charge in [0.1, 0.15) is 13.2 Å². The highest BCUT2D eigenvalue weighted by Gasteiger charge is 2.19. The monoisotopic (exact) mass is 667 g/mol. The number of ether oxygens (including phenoxy) is 3. The van der Waals surface area contributed by atoms with E-state index < -0.39 is 6.10 Å². The molecule has 0 rings (SSSR count). The Balaban J connectivity index is 4.17. The second-order valence-electron chi connectivity index (χ2n) is 13.9. The van der Waals surface area contributed by atoms with Gasteiger partial charge in [-0.25, -0.2) is 0 Å². The largest absolute Gasteiger partial charge is 0.462 e. The van der Waals surface area contributed by atoms with Crippen LogP contribution in [0.2, 0.25) is 0 Å². The third kappa shape index (κ3) is 35.5. The Morgan fingerprint density at radius 2 is 0.574 bits per heavy atom. The molecule has 47 heavy (non-hydrogen) atoms. The fourth-order valence-electron chi connectivity index (χ4n) is 5.97. The molecule has 0 spiro atoms. The van der Waals surface area contributed by atoms with Crippen LogP contribution < -0.4 is 0 Å². The first-order valence-electron chi connectivity index (χ1n) is 20.5. The average Bonchev–Trinajstić information content (AvgIpc) is 3.06. The molecule has 0 N–H and O–H groups in total. The lowest BCUT2D eigenvalue weighted by molar-refractivity contribution is -0.167. The Morgan fingerprint density at radius 1 is 0.340 bits per heavy atom. The fraction of sp³-hybridized carbons (Fsp3) is 0.927. The van der Waals surface area contributed by atoms with Crippen LogP contribution in [0.3, 0.4) is 0 Å². The van der Waals surface area contributed by atoms with Gasteiger partial charge in [-0.2, -0.15) is 0 Å². The highest BCUT2D eigenvalue weighted by Crippen LogP contribution is 2.15. The third-order valence-corrected chi connectivity index (χ3v) is 9.11. The molecule has 0 unspecified atom stereocenters. The van der Waals surface area contributed by atoms with Crippen molar-refractivity contribution in [2.75, 3.05) is 13.2 Å². The van der Waals surface area contributed by atoms with Crippen LogP contribution in [0.4, 0.5) is 0 Å². The first-order chi connectivity index (χ1) is 23.0. The summed E-state index contributed by atoms with van der Waals surface area (Å²) in [5.74, 6) is -0.875. The van der Waals surface area contributed by atoms with E-state index in [0.29, 0.717) is 19.3 Å². The average molecular weight is 667 g/mol. The van der Waals surface area contributed by atoms with E-state index >= 15 is 0 Å². The van der Waals surface area contributed by atoms with Crippen LogP contribution in [0.25, 0.3) is 0 Å². The zero-order chi connectivity index (χ0) is 34.5. The predicted molar refractivity (Wildman–Crippen MR) is 197 cm³/mol. The quantitative estimate of drug-likeness (QED) is 0.0373. The minimum atomic E-state index is -0.755. The van der Waals surface area contributed by atoms with E-state index in [9.17, 15) is 14.4 Å². The van der Waals surface area contributed by atoms with Gasteiger partial charge in [0, 0.05) is 19.3 Å². The molecule has 0 aromatic heterocycles. The Hall–Kier alpha value is -1.59. The van der Waals surface area contributed by atoms with E-state index in [1.54, 1.807) is 0 Å². The number of hydrogen-bond donors (Lipinski definition) is 0. The minimum absolute atomic E-state index is 0.0649. The molecule has 1 atom stereocenters. The number of carbonyl (C=O) groups is 3. The van der Waals surface area contributed by atoms with E-state index in [1.807, 2.05) is 0 Å². The molecule has 0 saturated carbocycles. The molecule has 0 bridgehead atoms. The maximum Gasteiger partial charge on any atom is 0.306 e. The van der Waals surface area contributed by atoms with Crippen molar-refractivity contribution in [3.63, 3.8) is 0 Å². The zero-order valence-electron chi connectivity index (χ0n) is 31.6. The SMILES string of the molecule is CCCCCCCCCCCCCCCCC(=O)OC[C@@H](COC(=O)CCCCCCCCCCCC)OC(=O)CCCCCCC. The van der Waals surface area contributed by atoms with Crippen LogP contribution in [0, 0.1) is 0 Å². The normalized spacial score (nSPS) is 11.8. The van der Waals surface area contributed by atoms with E-state index in [2.05, 4.69) is 20.8 Å². The van der Waals surface area contributed by atoms with E-state index in [-0.39, 0.29) is 31.1 Å². The summed E-state index contributed by atoms with van der Waals surface area (Å²) in [4.78, 5) is 37.2. The van der Waals surface area contributed by atoms with Crippen molar-refractivity contribution in [1.29, 1.82) is 0 Å². The van der Waals surface area contributed by atoms with Gasteiger partial charge in [0.25, 0.3) is 0 Å². The van der Waals surface area contributed by atoms with Crippen LogP contribution in [-0.2, 0) is 28.6 Å². The summed E-state index contributed by atoms with van der Waals surface area (Å²) in [5.41, 5.74) is 0. The molecular formula is C41H78O6. The number of hydrogen-bond acceptors (Lipinski definition) is 6. The number of carbonyl (C=O) groups excluding carboxylic acids is 3. The Labute approximate surface area is 291 Å². The molecule has 0 aliphatic carbocycles. The highest BCUT2D eigenvalue weighted by molar-refractivity contribution is 5.71.